The van der Waals surface area contributed by atoms with Crippen LogP contribution >= 0.6 is 0 Å². The van der Waals surface area contributed by atoms with Crippen molar-refractivity contribution < 1.29 is 0 Å². The summed E-state index contributed by atoms with van der Waals surface area (Å²) >= 11 is 0. The highest BCUT2D eigenvalue weighted by molar-refractivity contribution is 4.73. The Bertz CT molecular complexity index is 104. The second kappa shape index (κ2) is 5.58. The fourth-order valence-electron chi connectivity index (χ4n) is 1.60. The Labute approximate surface area is 76.9 Å². The first-order chi connectivity index (χ1) is 5.86. The molecule has 0 aliphatic heterocycles. The molecule has 72 valence electrons. The van der Waals surface area contributed by atoms with Crippen LogP contribution in [0.3, 0.4) is 0 Å². The lowest BCUT2D eigenvalue weighted by atomic mass is 10.0. The molecular weight excluding hydrogens is 146 g/mol. The van der Waals surface area contributed by atoms with Crippen LogP contribution in [-0.4, -0.2) is 13.1 Å². The smallest absolute Gasteiger partial charge is 0.00207 e. The van der Waals surface area contributed by atoms with Crippen LogP contribution in [0, 0.1) is 11.8 Å². The van der Waals surface area contributed by atoms with E-state index in [0.717, 1.165) is 11.8 Å². The van der Waals surface area contributed by atoms with Crippen LogP contribution in [0.15, 0.2) is 0 Å². The van der Waals surface area contributed by atoms with E-state index in [9.17, 15) is 0 Å². The molecule has 0 radical (unpaired) electrons. The fraction of sp³-hybridized carbons (Fsp3) is 1.00. The van der Waals surface area contributed by atoms with E-state index in [-0.39, 0.29) is 0 Å². The average Bonchev–Trinajstić information content (AvgIpc) is 2.89. The number of rotatable bonds is 7. The predicted octanol–water partition coefficient (Wildman–Crippen LogP) is 2.81. The van der Waals surface area contributed by atoms with Crippen LogP contribution in [0.2, 0.25) is 0 Å². The summed E-state index contributed by atoms with van der Waals surface area (Å²) in [4.78, 5) is 0. The minimum absolute atomic E-state index is 0.907. The van der Waals surface area contributed by atoms with Gasteiger partial charge in [0.25, 0.3) is 0 Å². The minimum Gasteiger partial charge on any atom is -0.316 e. The van der Waals surface area contributed by atoms with Crippen molar-refractivity contribution in [2.75, 3.05) is 13.1 Å². The normalized spacial score (nSPS) is 17.2. The first kappa shape index (κ1) is 10.0. The van der Waals surface area contributed by atoms with Gasteiger partial charge < -0.3 is 5.32 Å². The van der Waals surface area contributed by atoms with E-state index in [1.165, 1.54) is 45.2 Å². The summed E-state index contributed by atoms with van der Waals surface area (Å²) in [6.07, 6.45) is 7.05. The molecule has 1 rings (SSSR count). The molecule has 0 aromatic rings. The standard InChI is InChI=1S/C11H23N/c1-3-10(4-2)9-12-8-7-11-5-6-11/h10-12H,3-9H2,1-2H3. The summed E-state index contributed by atoms with van der Waals surface area (Å²) in [5.74, 6) is 1.99. The van der Waals surface area contributed by atoms with Crippen LogP contribution in [0.1, 0.15) is 46.0 Å². The van der Waals surface area contributed by atoms with E-state index >= 15 is 0 Å². The highest BCUT2D eigenvalue weighted by Gasteiger charge is 2.19. The van der Waals surface area contributed by atoms with Crippen LogP contribution < -0.4 is 5.32 Å². The molecule has 0 bridgehead atoms. The largest absolute Gasteiger partial charge is 0.316 e. The first-order valence-corrected chi connectivity index (χ1v) is 5.57. The third kappa shape index (κ3) is 4.10. The predicted molar refractivity (Wildman–Crippen MR) is 54.3 cm³/mol. The van der Waals surface area contributed by atoms with Crippen molar-refractivity contribution >= 4 is 0 Å². The Kier molecular flexibility index (Phi) is 4.67. The molecule has 1 heteroatoms. The van der Waals surface area contributed by atoms with Crippen molar-refractivity contribution in [2.24, 2.45) is 11.8 Å². The molecule has 1 aliphatic rings. The molecule has 0 saturated heterocycles. The van der Waals surface area contributed by atoms with E-state index in [2.05, 4.69) is 19.2 Å². The molecule has 1 N–H and O–H groups in total. The Morgan fingerprint density at radius 1 is 1.25 bits per heavy atom. The summed E-state index contributed by atoms with van der Waals surface area (Å²) in [6.45, 7) is 7.06. The monoisotopic (exact) mass is 169 g/mol. The van der Waals surface area contributed by atoms with Gasteiger partial charge >= 0.3 is 0 Å². The Balaban J connectivity index is 1.85. The lowest BCUT2D eigenvalue weighted by Gasteiger charge is -2.12. The second-order valence-electron chi connectivity index (χ2n) is 4.12. The molecular formula is C11H23N. The molecule has 0 aromatic carbocycles. The quantitative estimate of drug-likeness (QED) is 0.578. The van der Waals surface area contributed by atoms with E-state index in [0.29, 0.717) is 0 Å². The Hall–Kier alpha value is -0.0400. The first-order valence-electron chi connectivity index (χ1n) is 5.57. The van der Waals surface area contributed by atoms with Gasteiger partial charge in [0.1, 0.15) is 0 Å². The lowest BCUT2D eigenvalue weighted by Crippen LogP contribution is -2.23. The molecule has 1 fully saturated rings. The van der Waals surface area contributed by atoms with Gasteiger partial charge in [-0.15, -0.1) is 0 Å². The third-order valence-electron chi connectivity index (χ3n) is 3.01. The van der Waals surface area contributed by atoms with Crippen molar-refractivity contribution in [3.05, 3.63) is 0 Å². The van der Waals surface area contributed by atoms with E-state index in [1.54, 1.807) is 0 Å². The topological polar surface area (TPSA) is 12.0 Å². The lowest BCUT2D eigenvalue weighted by molar-refractivity contribution is 0.444. The van der Waals surface area contributed by atoms with E-state index < -0.39 is 0 Å². The molecule has 1 saturated carbocycles. The van der Waals surface area contributed by atoms with Gasteiger partial charge in [0, 0.05) is 0 Å². The zero-order valence-electron chi connectivity index (χ0n) is 8.60. The van der Waals surface area contributed by atoms with Gasteiger partial charge in [0.15, 0.2) is 0 Å². The molecule has 0 aromatic heterocycles. The van der Waals surface area contributed by atoms with Gasteiger partial charge in [-0.25, -0.2) is 0 Å². The van der Waals surface area contributed by atoms with E-state index in [4.69, 9.17) is 0 Å². The SMILES string of the molecule is CCC(CC)CNCCC1CC1. The molecule has 0 heterocycles. The molecule has 0 unspecified atom stereocenters. The highest BCUT2D eigenvalue weighted by atomic mass is 14.9. The maximum Gasteiger partial charge on any atom is -0.00207 e. The molecule has 1 aliphatic carbocycles. The van der Waals surface area contributed by atoms with Gasteiger partial charge in [0.2, 0.25) is 0 Å². The summed E-state index contributed by atoms with van der Waals surface area (Å²) in [5.41, 5.74) is 0. The van der Waals surface area contributed by atoms with Gasteiger partial charge in [-0.3, -0.25) is 0 Å². The van der Waals surface area contributed by atoms with Crippen molar-refractivity contribution in [3.63, 3.8) is 0 Å². The second-order valence-corrected chi connectivity index (χ2v) is 4.12. The fourth-order valence-corrected chi connectivity index (χ4v) is 1.60. The molecule has 0 amide bonds. The minimum atomic E-state index is 0.907. The Morgan fingerprint density at radius 3 is 2.42 bits per heavy atom. The average molecular weight is 169 g/mol. The molecule has 12 heavy (non-hydrogen) atoms. The zero-order chi connectivity index (χ0) is 8.81. The molecule has 1 nitrogen and oxygen atoms in total. The number of hydrogen-bond acceptors (Lipinski definition) is 1. The Morgan fingerprint density at radius 2 is 1.92 bits per heavy atom. The van der Waals surface area contributed by atoms with Crippen molar-refractivity contribution in [2.45, 2.75) is 46.0 Å². The third-order valence-corrected chi connectivity index (χ3v) is 3.01. The van der Waals surface area contributed by atoms with Gasteiger partial charge in [-0.2, -0.15) is 0 Å². The van der Waals surface area contributed by atoms with Crippen LogP contribution in [0.4, 0.5) is 0 Å². The van der Waals surface area contributed by atoms with Crippen molar-refractivity contribution in [1.82, 2.24) is 5.32 Å². The van der Waals surface area contributed by atoms with E-state index in [1.807, 2.05) is 0 Å². The highest BCUT2D eigenvalue weighted by Crippen LogP contribution is 2.31. The molecule has 0 atom stereocenters. The van der Waals surface area contributed by atoms with Crippen LogP contribution in [-0.2, 0) is 0 Å². The van der Waals surface area contributed by atoms with Gasteiger partial charge in [-0.05, 0) is 31.3 Å². The van der Waals surface area contributed by atoms with Crippen LogP contribution in [0.25, 0.3) is 0 Å². The van der Waals surface area contributed by atoms with Gasteiger partial charge in [-0.1, -0.05) is 39.5 Å². The number of nitrogens with one attached hydrogen (secondary N) is 1. The summed E-state index contributed by atoms with van der Waals surface area (Å²) < 4.78 is 0. The van der Waals surface area contributed by atoms with Crippen molar-refractivity contribution in [3.8, 4) is 0 Å². The van der Waals surface area contributed by atoms with Crippen LogP contribution in [0.5, 0.6) is 0 Å². The number of hydrogen-bond donors (Lipinski definition) is 1. The molecule has 0 spiro atoms. The summed E-state index contributed by atoms with van der Waals surface area (Å²) in [5, 5.41) is 3.56. The van der Waals surface area contributed by atoms with Gasteiger partial charge in [0.05, 0.1) is 0 Å². The maximum atomic E-state index is 3.56. The zero-order valence-corrected chi connectivity index (χ0v) is 8.60. The summed E-state index contributed by atoms with van der Waals surface area (Å²) in [7, 11) is 0. The summed E-state index contributed by atoms with van der Waals surface area (Å²) in [6, 6.07) is 0. The van der Waals surface area contributed by atoms with Crippen molar-refractivity contribution in [1.29, 1.82) is 0 Å². The maximum absolute atomic E-state index is 3.56.